The molecule has 1 aromatic heterocycles. The highest BCUT2D eigenvalue weighted by atomic mass is 35.5. The molecule has 2 aromatic rings. The Morgan fingerprint density at radius 3 is 2.48 bits per heavy atom. The number of methoxy groups -OCH3 is 1. The predicted molar refractivity (Wildman–Crippen MR) is 87.0 cm³/mol. The van der Waals surface area contributed by atoms with Crippen molar-refractivity contribution in [2.45, 2.75) is 13.1 Å². The summed E-state index contributed by atoms with van der Waals surface area (Å²) in [6, 6.07) is 10.0. The van der Waals surface area contributed by atoms with Gasteiger partial charge < -0.3 is 4.74 Å². The minimum atomic E-state index is -2.16. The summed E-state index contributed by atoms with van der Waals surface area (Å²) in [6.45, 7) is 0.425. The Kier molecular flexibility index (Phi) is 6.23. The van der Waals surface area contributed by atoms with Crippen LogP contribution in [0.3, 0.4) is 0 Å². The first-order valence-electron chi connectivity index (χ1n) is 6.63. The molecule has 1 heterocycles. The molecule has 0 aliphatic heterocycles. The lowest BCUT2D eigenvalue weighted by Crippen LogP contribution is -2.25. The average molecular weight is 355 g/mol. The van der Waals surface area contributed by atoms with Gasteiger partial charge in [0.1, 0.15) is 0 Å². The van der Waals surface area contributed by atoms with Crippen molar-refractivity contribution in [2.75, 3.05) is 7.11 Å². The molecular formula is C15H15ClN2O4S. The van der Waals surface area contributed by atoms with Gasteiger partial charge in [0.2, 0.25) is 11.3 Å². The molecule has 0 saturated heterocycles. The molecule has 0 spiro atoms. The topological polar surface area (TPSA) is 79.7 Å². The van der Waals surface area contributed by atoms with E-state index in [1.54, 1.807) is 36.4 Å². The number of ether oxygens (including phenoxy) is 1. The molecule has 1 aromatic carbocycles. The van der Waals surface area contributed by atoms with Crippen molar-refractivity contribution in [3.63, 3.8) is 0 Å². The van der Waals surface area contributed by atoms with E-state index in [4.69, 9.17) is 11.6 Å². The summed E-state index contributed by atoms with van der Waals surface area (Å²) in [4.78, 5) is 15.5. The van der Waals surface area contributed by atoms with Gasteiger partial charge in [0, 0.05) is 12.7 Å². The van der Waals surface area contributed by atoms with Gasteiger partial charge in [0.05, 0.1) is 29.9 Å². The fourth-order valence-electron chi connectivity index (χ4n) is 1.91. The summed E-state index contributed by atoms with van der Waals surface area (Å²) in [5.41, 5.74) is 1.84. The number of halogens is 1. The third-order valence-electron chi connectivity index (χ3n) is 3.08. The Labute approximate surface area is 141 Å². The fourth-order valence-corrected chi connectivity index (χ4v) is 2.53. The monoisotopic (exact) mass is 354 g/mol. The molecule has 0 amide bonds. The standard InChI is InChI=1S/C15H15ClN2O4S/c1-22-15(19)12-4-2-11(3-5-12)9-18(23(20)21)10-14-7-6-13(16)8-17-14/h2-8H,9-10H2,1H3,(H,20,21). The van der Waals surface area contributed by atoms with Crippen LogP contribution in [0.15, 0.2) is 42.6 Å². The second-order valence-corrected chi connectivity index (χ2v) is 6.10. The van der Waals surface area contributed by atoms with Crippen LogP contribution in [0, 0.1) is 0 Å². The Balaban J connectivity index is 2.08. The largest absolute Gasteiger partial charge is 0.465 e. The highest BCUT2D eigenvalue weighted by Gasteiger charge is 2.14. The summed E-state index contributed by atoms with van der Waals surface area (Å²) in [5, 5.41) is 0.504. The highest BCUT2D eigenvalue weighted by molar-refractivity contribution is 7.76. The lowest BCUT2D eigenvalue weighted by Gasteiger charge is -2.17. The van der Waals surface area contributed by atoms with E-state index in [-0.39, 0.29) is 13.1 Å². The van der Waals surface area contributed by atoms with E-state index in [0.717, 1.165) is 5.56 Å². The SMILES string of the molecule is COC(=O)c1ccc(CN(Cc2ccc(Cl)cn2)S(=O)O)cc1. The second kappa shape index (κ2) is 8.16. The fraction of sp³-hybridized carbons (Fsp3) is 0.200. The van der Waals surface area contributed by atoms with Crippen LogP contribution >= 0.6 is 11.6 Å². The molecule has 1 unspecified atom stereocenters. The lowest BCUT2D eigenvalue weighted by atomic mass is 10.1. The first-order chi connectivity index (χ1) is 11.0. The number of rotatable bonds is 6. The average Bonchev–Trinajstić information content (AvgIpc) is 2.56. The van der Waals surface area contributed by atoms with E-state index in [1.807, 2.05) is 0 Å². The molecule has 0 aliphatic rings. The van der Waals surface area contributed by atoms with Crippen LogP contribution in [0.25, 0.3) is 0 Å². The Morgan fingerprint density at radius 2 is 1.96 bits per heavy atom. The Morgan fingerprint density at radius 1 is 1.26 bits per heavy atom. The molecule has 6 nitrogen and oxygen atoms in total. The van der Waals surface area contributed by atoms with Crippen LogP contribution in [0.4, 0.5) is 0 Å². The number of nitrogens with zero attached hydrogens (tertiary/aromatic N) is 2. The van der Waals surface area contributed by atoms with E-state index >= 15 is 0 Å². The van der Waals surface area contributed by atoms with Gasteiger partial charge in [-0.15, -0.1) is 0 Å². The third-order valence-corrected chi connectivity index (χ3v) is 4.01. The summed E-state index contributed by atoms with van der Waals surface area (Å²) in [6.07, 6.45) is 1.49. The van der Waals surface area contributed by atoms with E-state index in [1.165, 1.54) is 17.6 Å². The van der Waals surface area contributed by atoms with Gasteiger partial charge in [0.25, 0.3) is 0 Å². The minimum Gasteiger partial charge on any atom is -0.465 e. The van der Waals surface area contributed by atoms with Crippen LogP contribution in [0.5, 0.6) is 0 Å². The molecular weight excluding hydrogens is 340 g/mol. The van der Waals surface area contributed by atoms with Crippen LogP contribution in [0.1, 0.15) is 21.6 Å². The Bertz CT molecular complexity index is 692. The number of benzene rings is 1. The normalized spacial score (nSPS) is 12.2. The van der Waals surface area contributed by atoms with Crippen molar-refractivity contribution >= 4 is 28.8 Å². The van der Waals surface area contributed by atoms with Crippen molar-refractivity contribution in [1.29, 1.82) is 0 Å². The molecule has 1 N–H and O–H groups in total. The molecule has 23 heavy (non-hydrogen) atoms. The smallest absolute Gasteiger partial charge is 0.337 e. The van der Waals surface area contributed by atoms with E-state index in [9.17, 15) is 13.6 Å². The summed E-state index contributed by atoms with van der Waals surface area (Å²) in [7, 11) is 1.31. The van der Waals surface area contributed by atoms with Crippen molar-refractivity contribution in [3.8, 4) is 0 Å². The van der Waals surface area contributed by atoms with E-state index < -0.39 is 17.2 Å². The molecule has 0 saturated carbocycles. The van der Waals surface area contributed by atoms with Crippen molar-refractivity contribution in [3.05, 3.63) is 64.4 Å². The number of aromatic nitrogens is 1. The van der Waals surface area contributed by atoms with Gasteiger partial charge in [0.15, 0.2) is 0 Å². The Hall–Kier alpha value is -1.80. The first-order valence-corrected chi connectivity index (χ1v) is 8.07. The molecule has 0 fully saturated rings. The van der Waals surface area contributed by atoms with Gasteiger partial charge >= 0.3 is 5.97 Å². The number of hydrogen-bond acceptors (Lipinski definition) is 4. The predicted octanol–water partition coefficient (Wildman–Crippen LogP) is 2.66. The van der Waals surface area contributed by atoms with Crippen LogP contribution < -0.4 is 0 Å². The highest BCUT2D eigenvalue weighted by Crippen LogP contribution is 2.13. The van der Waals surface area contributed by atoms with Crippen LogP contribution in [0.2, 0.25) is 5.02 Å². The number of pyridine rings is 1. The maximum atomic E-state index is 11.5. The van der Waals surface area contributed by atoms with Crippen molar-refractivity contribution in [1.82, 2.24) is 9.29 Å². The summed E-state index contributed by atoms with van der Waals surface area (Å²) < 4.78 is 26.9. The maximum Gasteiger partial charge on any atom is 0.337 e. The first kappa shape index (κ1) is 17.6. The third kappa shape index (κ3) is 5.11. The molecule has 0 radical (unpaired) electrons. The molecule has 8 heteroatoms. The zero-order chi connectivity index (χ0) is 16.8. The van der Waals surface area contributed by atoms with Crippen molar-refractivity contribution < 1.29 is 18.3 Å². The van der Waals surface area contributed by atoms with Gasteiger partial charge in [-0.05, 0) is 29.8 Å². The van der Waals surface area contributed by atoms with Gasteiger partial charge in [-0.2, -0.15) is 4.31 Å². The maximum absolute atomic E-state index is 11.5. The zero-order valence-electron chi connectivity index (χ0n) is 12.3. The number of carbonyl (C=O) groups excluding carboxylic acids is 1. The van der Waals surface area contributed by atoms with Crippen LogP contribution in [-0.2, 0) is 29.1 Å². The van der Waals surface area contributed by atoms with Crippen LogP contribution in [-0.4, -0.2) is 31.1 Å². The second-order valence-electron chi connectivity index (χ2n) is 4.69. The number of carbonyl (C=O) groups is 1. The molecule has 0 bridgehead atoms. The molecule has 2 rings (SSSR count). The van der Waals surface area contributed by atoms with Gasteiger partial charge in [-0.3, -0.25) is 9.54 Å². The summed E-state index contributed by atoms with van der Waals surface area (Å²) in [5.74, 6) is -0.426. The molecule has 0 aliphatic carbocycles. The number of esters is 1. The zero-order valence-corrected chi connectivity index (χ0v) is 13.9. The number of hydrogen-bond donors (Lipinski definition) is 1. The van der Waals surface area contributed by atoms with Crippen molar-refractivity contribution in [2.24, 2.45) is 0 Å². The summed E-state index contributed by atoms with van der Waals surface area (Å²) >= 11 is 3.61. The van der Waals surface area contributed by atoms with E-state index in [2.05, 4.69) is 9.72 Å². The minimum absolute atomic E-state index is 0.193. The van der Waals surface area contributed by atoms with Gasteiger partial charge in [-0.25, -0.2) is 9.00 Å². The molecule has 1 atom stereocenters. The lowest BCUT2D eigenvalue weighted by molar-refractivity contribution is 0.0600. The quantitative estimate of drug-likeness (QED) is 0.637. The van der Waals surface area contributed by atoms with Gasteiger partial charge in [-0.1, -0.05) is 23.7 Å². The molecule has 122 valence electrons. The van der Waals surface area contributed by atoms with E-state index in [0.29, 0.717) is 16.3 Å².